The Hall–Kier alpha value is -1.09. The van der Waals surface area contributed by atoms with Crippen molar-refractivity contribution in [1.82, 2.24) is 15.5 Å². The zero-order valence-corrected chi connectivity index (χ0v) is 19.5. The van der Waals surface area contributed by atoms with E-state index in [1.165, 1.54) is 44.2 Å². The lowest BCUT2D eigenvalue weighted by Crippen LogP contribution is -2.56. The van der Waals surface area contributed by atoms with Gasteiger partial charge in [-0.05, 0) is 58.7 Å². The maximum atomic E-state index is 13.3. The zero-order valence-electron chi connectivity index (χ0n) is 17.2. The number of hydrogen-bond acceptors (Lipinski definition) is 3. The molecule has 158 valence electrons. The second-order valence-electron chi connectivity index (χ2n) is 7.82. The second kappa shape index (κ2) is 11.2. The summed E-state index contributed by atoms with van der Waals surface area (Å²) in [6.07, 6.45) is 6.18. The van der Waals surface area contributed by atoms with Gasteiger partial charge in [0, 0.05) is 30.7 Å². The molecule has 28 heavy (non-hydrogen) atoms. The van der Waals surface area contributed by atoms with Crippen molar-refractivity contribution in [2.75, 3.05) is 20.1 Å². The lowest BCUT2D eigenvalue weighted by molar-refractivity contribution is 0.0526. The van der Waals surface area contributed by atoms with Gasteiger partial charge in [0.1, 0.15) is 17.7 Å². The minimum absolute atomic E-state index is 0. The number of guanidine groups is 1. The fourth-order valence-corrected chi connectivity index (χ4v) is 4.28. The van der Waals surface area contributed by atoms with Crippen LogP contribution in [0, 0.1) is 5.82 Å². The molecule has 1 aromatic rings. The molecule has 3 unspecified atom stereocenters. The van der Waals surface area contributed by atoms with E-state index in [0.717, 1.165) is 12.5 Å². The first-order valence-electron chi connectivity index (χ1n) is 10.2. The van der Waals surface area contributed by atoms with Gasteiger partial charge in [-0.1, -0.05) is 12.5 Å². The van der Waals surface area contributed by atoms with Gasteiger partial charge in [0.2, 0.25) is 0 Å². The lowest BCUT2D eigenvalue weighted by Gasteiger charge is -2.47. The number of halogens is 2. The Bertz CT molecular complexity index is 631. The van der Waals surface area contributed by atoms with Crippen LogP contribution in [0.25, 0.3) is 0 Å². The molecule has 0 radical (unpaired) electrons. The van der Waals surface area contributed by atoms with Crippen LogP contribution in [0.4, 0.5) is 4.39 Å². The summed E-state index contributed by atoms with van der Waals surface area (Å²) >= 11 is 0. The average Bonchev–Trinajstić information content (AvgIpc) is 2.61. The van der Waals surface area contributed by atoms with Crippen molar-refractivity contribution in [2.24, 2.45) is 4.99 Å². The van der Waals surface area contributed by atoms with Crippen LogP contribution < -0.4 is 15.4 Å². The first-order chi connectivity index (χ1) is 13.0. The molecule has 0 aliphatic carbocycles. The standard InChI is InChI=1S/C21H33FN4O.HI/c1-4-23-21(24-14-15(2)27-20-10-5-7-16(22)11-20)25-17-12-18-8-6-9-19(13-17)26(18)3;/h5,7,10-11,15,17-19H,4,6,8-9,12-14H2,1-3H3,(H2,23,24,25);1H. The molecule has 1 aromatic carbocycles. The number of piperidine rings is 2. The van der Waals surface area contributed by atoms with Gasteiger partial charge in [0.05, 0.1) is 6.54 Å². The Balaban J connectivity index is 0.00000280. The van der Waals surface area contributed by atoms with Gasteiger partial charge in [-0.3, -0.25) is 0 Å². The quantitative estimate of drug-likeness (QED) is 0.352. The number of nitrogens with zero attached hydrogens (tertiary/aromatic N) is 2. The average molecular weight is 504 g/mol. The summed E-state index contributed by atoms with van der Waals surface area (Å²) < 4.78 is 19.1. The highest BCUT2D eigenvalue weighted by molar-refractivity contribution is 14.0. The van der Waals surface area contributed by atoms with Gasteiger partial charge >= 0.3 is 0 Å². The first kappa shape index (κ1) is 23.2. The van der Waals surface area contributed by atoms with Crippen molar-refractivity contribution in [3.8, 4) is 5.75 Å². The summed E-state index contributed by atoms with van der Waals surface area (Å²) in [4.78, 5) is 7.27. The van der Waals surface area contributed by atoms with Gasteiger partial charge in [0.15, 0.2) is 5.96 Å². The molecule has 2 bridgehead atoms. The third kappa shape index (κ3) is 6.47. The lowest BCUT2D eigenvalue weighted by atomic mass is 9.82. The SMILES string of the molecule is CCNC(=NCC(C)Oc1cccc(F)c1)NC1CC2CCCC(C1)N2C.I. The number of ether oxygens (including phenoxy) is 1. The smallest absolute Gasteiger partial charge is 0.191 e. The van der Waals surface area contributed by atoms with Crippen LogP contribution in [-0.4, -0.2) is 55.2 Å². The molecule has 3 rings (SSSR count). The summed E-state index contributed by atoms with van der Waals surface area (Å²) in [5.41, 5.74) is 0. The fraction of sp³-hybridized carbons (Fsp3) is 0.667. The van der Waals surface area contributed by atoms with Crippen molar-refractivity contribution in [2.45, 2.75) is 70.2 Å². The van der Waals surface area contributed by atoms with E-state index >= 15 is 0 Å². The predicted octanol–water partition coefficient (Wildman–Crippen LogP) is 3.78. The molecule has 5 nitrogen and oxygen atoms in total. The van der Waals surface area contributed by atoms with Crippen LogP contribution >= 0.6 is 24.0 Å². The summed E-state index contributed by atoms with van der Waals surface area (Å²) in [7, 11) is 2.27. The van der Waals surface area contributed by atoms with Gasteiger partial charge in [-0.15, -0.1) is 24.0 Å². The summed E-state index contributed by atoms with van der Waals surface area (Å²) in [6.45, 7) is 5.38. The van der Waals surface area contributed by atoms with Crippen LogP contribution in [0.5, 0.6) is 5.75 Å². The van der Waals surface area contributed by atoms with Crippen molar-refractivity contribution < 1.29 is 9.13 Å². The molecule has 2 N–H and O–H groups in total. The van der Waals surface area contributed by atoms with Crippen LogP contribution in [0.3, 0.4) is 0 Å². The molecule has 0 spiro atoms. The molecule has 0 amide bonds. The fourth-order valence-electron chi connectivity index (χ4n) is 4.28. The highest BCUT2D eigenvalue weighted by atomic mass is 127. The van der Waals surface area contributed by atoms with E-state index in [9.17, 15) is 4.39 Å². The highest BCUT2D eigenvalue weighted by Gasteiger charge is 2.36. The van der Waals surface area contributed by atoms with Crippen LogP contribution in [0.2, 0.25) is 0 Å². The molecule has 0 aromatic heterocycles. The largest absolute Gasteiger partial charge is 0.489 e. The van der Waals surface area contributed by atoms with Crippen LogP contribution in [-0.2, 0) is 0 Å². The molecule has 2 aliphatic heterocycles. The maximum absolute atomic E-state index is 13.3. The van der Waals surface area contributed by atoms with Crippen molar-refractivity contribution >= 4 is 29.9 Å². The number of benzene rings is 1. The molecule has 0 saturated carbocycles. The van der Waals surface area contributed by atoms with Crippen LogP contribution in [0.15, 0.2) is 29.3 Å². The Morgan fingerprint density at radius 3 is 2.68 bits per heavy atom. The second-order valence-corrected chi connectivity index (χ2v) is 7.82. The molecule has 7 heteroatoms. The van der Waals surface area contributed by atoms with E-state index in [-0.39, 0.29) is 35.9 Å². The van der Waals surface area contributed by atoms with Crippen molar-refractivity contribution in [3.05, 3.63) is 30.1 Å². The number of nitrogens with one attached hydrogen (secondary N) is 2. The van der Waals surface area contributed by atoms with E-state index in [0.29, 0.717) is 30.4 Å². The first-order valence-corrected chi connectivity index (χ1v) is 10.2. The Morgan fingerprint density at radius 1 is 1.32 bits per heavy atom. The Labute approximate surface area is 185 Å². The van der Waals surface area contributed by atoms with Gasteiger partial charge < -0.3 is 20.3 Å². The molecule has 2 fully saturated rings. The van der Waals surface area contributed by atoms with E-state index < -0.39 is 0 Å². The molecule has 3 atom stereocenters. The number of fused-ring (bicyclic) bond motifs is 2. The minimum Gasteiger partial charge on any atom is -0.489 e. The zero-order chi connectivity index (χ0) is 19.2. The monoisotopic (exact) mass is 504 g/mol. The molecular weight excluding hydrogens is 470 g/mol. The maximum Gasteiger partial charge on any atom is 0.191 e. The van der Waals surface area contributed by atoms with Crippen LogP contribution in [0.1, 0.15) is 46.0 Å². The van der Waals surface area contributed by atoms with E-state index in [2.05, 4.69) is 29.5 Å². The summed E-state index contributed by atoms with van der Waals surface area (Å²) in [5, 5.41) is 6.98. The third-order valence-electron chi connectivity index (χ3n) is 5.66. The number of aliphatic imine (C=N–C) groups is 1. The van der Waals surface area contributed by atoms with Gasteiger partial charge in [-0.25, -0.2) is 9.38 Å². The number of rotatable bonds is 6. The van der Waals surface area contributed by atoms with E-state index in [1.807, 2.05) is 6.92 Å². The summed E-state index contributed by atoms with van der Waals surface area (Å²) in [5.74, 6) is 1.10. The number of hydrogen-bond donors (Lipinski definition) is 2. The highest BCUT2D eigenvalue weighted by Crippen LogP contribution is 2.32. The Kier molecular flexibility index (Phi) is 9.27. The molecular formula is C21H34FIN4O. The predicted molar refractivity (Wildman–Crippen MR) is 123 cm³/mol. The van der Waals surface area contributed by atoms with Gasteiger partial charge in [0.25, 0.3) is 0 Å². The van der Waals surface area contributed by atoms with Crippen molar-refractivity contribution in [1.29, 1.82) is 0 Å². The van der Waals surface area contributed by atoms with Crippen molar-refractivity contribution in [3.63, 3.8) is 0 Å². The molecule has 2 heterocycles. The third-order valence-corrected chi connectivity index (χ3v) is 5.66. The van der Waals surface area contributed by atoms with E-state index in [4.69, 9.17) is 9.73 Å². The topological polar surface area (TPSA) is 48.9 Å². The minimum atomic E-state index is -0.286. The summed E-state index contributed by atoms with van der Waals surface area (Å²) in [6, 6.07) is 8.09. The molecule has 2 aliphatic rings. The normalized spacial score (nSPS) is 26.1. The van der Waals surface area contributed by atoms with E-state index in [1.54, 1.807) is 12.1 Å². The van der Waals surface area contributed by atoms with Gasteiger partial charge in [-0.2, -0.15) is 0 Å². The Morgan fingerprint density at radius 2 is 2.04 bits per heavy atom. The molecule has 2 saturated heterocycles.